The second-order valence-corrected chi connectivity index (χ2v) is 6.99. The van der Waals surface area contributed by atoms with E-state index in [2.05, 4.69) is 0 Å². The molecule has 0 unspecified atom stereocenters. The van der Waals surface area contributed by atoms with Crippen molar-refractivity contribution in [2.45, 2.75) is 6.18 Å². The van der Waals surface area contributed by atoms with Crippen molar-refractivity contribution in [1.29, 1.82) is 0 Å². The highest BCUT2D eigenvalue weighted by molar-refractivity contribution is 6.02. The van der Waals surface area contributed by atoms with Crippen LogP contribution in [0.25, 0.3) is 21.9 Å². The minimum absolute atomic E-state index is 0.116. The second kappa shape index (κ2) is 6.95. The first-order valence-electron chi connectivity index (χ1n) is 9.43. The Morgan fingerprint density at radius 3 is 2.23 bits per heavy atom. The van der Waals surface area contributed by atoms with E-state index in [-0.39, 0.29) is 5.56 Å². The molecule has 2 aliphatic rings. The van der Waals surface area contributed by atoms with Crippen LogP contribution in [-0.2, 0) is 6.18 Å². The van der Waals surface area contributed by atoms with Crippen molar-refractivity contribution in [2.24, 2.45) is 0 Å². The van der Waals surface area contributed by atoms with Gasteiger partial charge in [0.15, 0.2) is 0 Å². The molecule has 5 rings (SSSR count). The molecule has 0 atom stereocenters. The van der Waals surface area contributed by atoms with Gasteiger partial charge in [-0.25, -0.2) is 0 Å². The molecule has 0 radical (unpaired) electrons. The maximum atomic E-state index is 13.8. The molecule has 2 nitrogen and oxygen atoms in total. The third-order valence-corrected chi connectivity index (χ3v) is 5.20. The molecule has 1 heterocycles. The summed E-state index contributed by atoms with van der Waals surface area (Å²) in [7, 11) is 0. The third kappa shape index (κ3) is 2.99. The number of hydrogen-bond acceptors (Lipinski definition) is 2. The molecule has 3 aromatic rings. The number of hydrogen-bond donors (Lipinski definition) is 0. The summed E-state index contributed by atoms with van der Waals surface area (Å²) in [4.78, 5) is 1.86. The van der Waals surface area contributed by atoms with Crippen molar-refractivity contribution in [3.8, 4) is 11.1 Å². The number of benzene rings is 3. The predicted molar refractivity (Wildman–Crippen MR) is 113 cm³/mol. The number of rotatable bonds is 3. The number of anilines is 3. The Labute approximate surface area is 171 Å². The van der Waals surface area contributed by atoms with E-state index in [1.807, 2.05) is 77.7 Å². The van der Waals surface area contributed by atoms with Crippen molar-refractivity contribution in [1.82, 2.24) is 0 Å². The summed E-state index contributed by atoms with van der Waals surface area (Å²) in [6, 6.07) is 25.6. The van der Waals surface area contributed by atoms with Gasteiger partial charge in [0.25, 0.3) is 0 Å². The fourth-order valence-electron chi connectivity index (χ4n) is 3.90. The Kier molecular flexibility index (Phi) is 4.24. The minimum atomic E-state index is -4.47. The van der Waals surface area contributed by atoms with Crippen molar-refractivity contribution in [3.05, 3.63) is 103 Å². The molecule has 5 heteroatoms. The summed E-state index contributed by atoms with van der Waals surface area (Å²) in [6.07, 6.45) is -1.83. The van der Waals surface area contributed by atoms with Crippen LogP contribution in [0.15, 0.2) is 102 Å². The zero-order valence-electron chi connectivity index (χ0n) is 15.7. The zero-order valence-corrected chi connectivity index (χ0v) is 15.7. The van der Waals surface area contributed by atoms with Crippen LogP contribution in [0.1, 0.15) is 5.56 Å². The highest BCUT2D eigenvalue weighted by Gasteiger charge is 2.38. The van der Waals surface area contributed by atoms with Gasteiger partial charge in [-0.2, -0.15) is 13.2 Å². The molecule has 30 heavy (non-hydrogen) atoms. The van der Waals surface area contributed by atoms with Gasteiger partial charge in [-0.3, -0.25) is 0 Å². The van der Waals surface area contributed by atoms with Gasteiger partial charge < -0.3 is 9.32 Å². The van der Waals surface area contributed by atoms with E-state index in [1.54, 1.807) is 0 Å². The molecule has 1 aliphatic heterocycles. The smallest absolute Gasteiger partial charge is 0.417 e. The van der Waals surface area contributed by atoms with Crippen LogP contribution in [0.3, 0.4) is 0 Å². The van der Waals surface area contributed by atoms with Crippen LogP contribution < -0.4 is 4.90 Å². The lowest BCUT2D eigenvalue weighted by atomic mass is 10.1. The average Bonchev–Trinajstić information content (AvgIpc) is 3.15. The number of para-hydroxylation sites is 1. The lowest BCUT2D eigenvalue weighted by molar-refractivity contribution is -0.136. The third-order valence-electron chi connectivity index (χ3n) is 5.20. The van der Waals surface area contributed by atoms with Gasteiger partial charge in [-0.05, 0) is 35.7 Å². The minimum Gasteiger partial charge on any atom is -0.472 e. The van der Waals surface area contributed by atoms with Gasteiger partial charge in [-0.1, -0.05) is 54.6 Å². The molecular weight excluding hydrogens is 387 g/mol. The Hall–Kier alpha value is -3.73. The van der Waals surface area contributed by atoms with Gasteiger partial charge in [0.1, 0.15) is 6.26 Å². The summed E-state index contributed by atoms with van der Waals surface area (Å²) < 4.78 is 46.7. The van der Waals surface area contributed by atoms with Gasteiger partial charge in [0.05, 0.1) is 23.2 Å². The standard InChI is InChI=1S/C25H16F3NO/c26-25(27,28)22-15-24(21-16-30-14-13-20(21)22)29(18-9-2-1-3-10-18)23-12-6-8-17-7-4-5-11-19(17)23/h1-16H. The maximum Gasteiger partial charge on any atom is 0.417 e. The van der Waals surface area contributed by atoms with Gasteiger partial charge >= 0.3 is 6.18 Å². The van der Waals surface area contributed by atoms with Crippen molar-refractivity contribution in [2.75, 3.05) is 4.90 Å². The lowest BCUT2D eigenvalue weighted by Gasteiger charge is -2.27. The molecule has 0 N–H and O–H groups in total. The van der Waals surface area contributed by atoms with Gasteiger partial charge in [0.2, 0.25) is 0 Å². The SMILES string of the molecule is FC(F)(F)c1cc(N(c2ccccc2)c2cccc3ccccc23)c2coccc1-2. The van der Waals surface area contributed by atoms with E-state index < -0.39 is 11.7 Å². The average molecular weight is 403 g/mol. The molecule has 0 spiro atoms. The van der Waals surface area contributed by atoms with E-state index in [4.69, 9.17) is 4.42 Å². The topological polar surface area (TPSA) is 16.4 Å². The molecule has 0 bridgehead atoms. The highest BCUT2D eigenvalue weighted by atomic mass is 19.4. The summed E-state index contributed by atoms with van der Waals surface area (Å²) in [5.74, 6) is 0. The molecular formula is C25H16F3NO. The molecule has 1 aliphatic carbocycles. The fraction of sp³-hybridized carbons (Fsp3) is 0.0400. The first-order valence-corrected chi connectivity index (χ1v) is 9.43. The normalized spacial score (nSPS) is 11.8. The number of nitrogens with zero attached hydrogens (tertiary/aromatic N) is 1. The first kappa shape index (κ1) is 18.3. The van der Waals surface area contributed by atoms with Crippen LogP contribution >= 0.6 is 0 Å². The van der Waals surface area contributed by atoms with E-state index >= 15 is 0 Å². The fourth-order valence-corrected chi connectivity index (χ4v) is 3.90. The predicted octanol–water partition coefficient (Wildman–Crippen LogP) is 8.03. The summed E-state index contributed by atoms with van der Waals surface area (Å²) in [6.45, 7) is 0. The van der Waals surface area contributed by atoms with Crippen LogP contribution in [-0.4, -0.2) is 0 Å². The second-order valence-electron chi connectivity index (χ2n) is 6.99. The van der Waals surface area contributed by atoms with Crippen LogP contribution in [0.2, 0.25) is 0 Å². The number of alkyl halides is 3. The monoisotopic (exact) mass is 403 g/mol. The Balaban J connectivity index is 1.84. The molecule has 0 aromatic heterocycles. The van der Waals surface area contributed by atoms with E-state index in [0.717, 1.165) is 22.1 Å². The Morgan fingerprint density at radius 2 is 1.43 bits per heavy atom. The summed E-state index contributed by atoms with van der Waals surface area (Å²) >= 11 is 0. The van der Waals surface area contributed by atoms with Gasteiger partial charge in [-0.15, -0.1) is 0 Å². The van der Waals surface area contributed by atoms with Gasteiger partial charge in [0, 0.05) is 22.2 Å². The molecule has 148 valence electrons. The first-order chi connectivity index (χ1) is 14.5. The van der Waals surface area contributed by atoms with E-state index in [0.29, 0.717) is 11.3 Å². The summed E-state index contributed by atoms with van der Waals surface area (Å²) in [5, 5.41) is 1.95. The highest BCUT2D eigenvalue weighted by Crippen LogP contribution is 2.50. The lowest BCUT2D eigenvalue weighted by Crippen LogP contribution is -2.10. The zero-order chi connectivity index (χ0) is 20.7. The van der Waals surface area contributed by atoms with Crippen LogP contribution in [0.4, 0.5) is 30.2 Å². The van der Waals surface area contributed by atoms with Crippen molar-refractivity contribution >= 4 is 27.8 Å². The van der Waals surface area contributed by atoms with E-state index in [9.17, 15) is 13.2 Å². The number of halogens is 3. The van der Waals surface area contributed by atoms with Crippen LogP contribution in [0, 0.1) is 0 Å². The molecule has 0 saturated carbocycles. The van der Waals surface area contributed by atoms with E-state index in [1.165, 1.54) is 24.7 Å². The quantitative estimate of drug-likeness (QED) is 0.303. The van der Waals surface area contributed by atoms with Crippen molar-refractivity contribution in [3.63, 3.8) is 0 Å². The molecule has 0 fully saturated rings. The maximum absolute atomic E-state index is 13.8. The molecule has 3 aromatic carbocycles. The molecule has 0 amide bonds. The number of fused-ring (bicyclic) bond motifs is 2. The largest absolute Gasteiger partial charge is 0.472 e. The Morgan fingerprint density at radius 1 is 0.700 bits per heavy atom. The molecule has 0 saturated heterocycles. The van der Waals surface area contributed by atoms with Crippen LogP contribution in [0.5, 0.6) is 0 Å². The Bertz CT molecular complexity index is 1290. The van der Waals surface area contributed by atoms with Crippen molar-refractivity contribution < 1.29 is 17.6 Å². The summed E-state index contributed by atoms with van der Waals surface area (Å²) in [5.41, 5.74) is 1.82.